The third-order valence-corrected chi connectivity index (χ3v) is 12.3. The van der Waals surface area contributed by atoms with E-state index in [9.17, 15) is 14.4 Å². The molecule has 60 heavy (non-hydrogen) atoms. The van der Waals surface area contributed by atoms with Crippen LogP contribution in [0.5, 0.6) is 0 Å². The number of carbonyl (C=O) groups excluding carboxylic acids is 3. The molecular weight excluding hydrogens is 745 g/mol. The Morgan fingerprint density at radius 1 is 0.317 bits per heavy atom. The van der Waals surface area contributed by atoms with E-state index < -0.39 is 6.10 Å². The highest BCUT2D eigenvalue weighted by Gasteiger charge is 2.19. The lowest BCUT2D eigenvalue weighted by atomic mass is 10.0. The Bertz CT molecular complexity index is 903. The van der Waals surface area contributed by atoms with Gasteiger partial charge in [0.1, 0.15) is 13.2 Å². The molecule has 6 nitrogen and oxygen atoms in total. The second kappa shape index (κ2) is 48.4. The van der Waals surface area contributed by atoms with Crippen molar-refractivity contribution in [3.8, 4) is 0 Å². The zero-order valence-electron chi connectivity index (χ0n) is 40.9. The van der Waals surface area contributed by atoms with Gasteiger partial charge in [0, 0.05) is 19.3 Å². The standard InChI is InChI=1S/C54H104O6/c1-5-7-9-11-13-15-17-19-21-25-29-33-37-41-45-52(55)58-48-51(60-54(57)47-43-39-35-31-27-20-18-16-14-12-10-8-6-2)49-59-53(56)46-42-38-34-30-26-23-22-24-28-32-36-40-44-50(3)4/h50-51H,5-49H2,1-4H3/t51-/m1/s1. The lowest BCUT2D eigenvalue weighted by Crippen LogP contribution is -2.30. The highest BCUT2D eigenvalue weighted by atomic mass is 16.6. The van der Waals surface area contributed by atoms with E-state index >= 15 is 0 Å². The summed E-state index contributed by atoms with van der Waals surface area (Å²) in [6, 6.07) is 0. The van der Waals surface area contributed by atoms with E-state index in [0.717, 1.165) is 63.7 Å². The fourth-order valence-corrected chi connectivity index (χ4v) is 8.22. The first-order valence-electron chi connectivity index (χ1n) is 26.9. The minimum absolute atomic E-state index is 0.0623. The zero-order valence-corrected chi connectivity index (χ0v) is 40.9. The molecule has 0 rings (SSSR count). The van der Waals surface area contributed by atoms with Gasteiger partial charge in [-0.1, -0.05) is 265 Å². The van der Waals surface area contributed by atoms with Gasteiger partial charge in [0.05, 0.1) is 0 Å². The average Bonchev–Trinajstić information content (AvgIpc) is 3.23. The molecular formula is C54H104O6. The smallest absolute Gasteiger partial charge is 0.306 e. The van der Waals surface area contributed by atoms with E-state index in [0.29, 0.717) is 19.3 Å². The third kappa shape index (κ3) is 47.5. The van der Waals surface area contributed by atoms with Gasteiger partial charge in [-0.05, 0) is 25.2 Å². The molecule has 0 aliphatic heterocycles. The van der Waals surface area contributed by atoms with Crippen LogP contribution in [0.15, 0.2) is 0 Å². The van der Waals surface area contributed by atoms with Crippen molar-refractivity contribution in [1.29, 1.82) is 0 Å². The van der Waals surface area contributed by atoms with Gasteiger partial charge in [-0.3, -0.25) is 14.4 Å². The van der Waals surface area contributed by atoms with Crippen molar-refractivity contribution < 1.29 is 28.6 Å². The van der Waals surface area contributed by atoms with E-state index in [1.807, 2.05) is 0 Å². The molecule has 0 aliphatic carbocycles. The maximum atomic E-state index is 12.8. The summed E-state index contributed by atoms with van der Waals surface area (Å²) in [7, 11) is 0. The summed E-state index contributed by atoms with van der Waals surface area (Å²) in [6.45, 7) is 9.04. The molecule has 0 unspecified atom stereocenters. The molecule has 0 N–H and O–H groups in total. The number of hydrogen-bond donors (Lipinski definition) is 0. The summed E-state index contributed by atoms with van der Waals surface area (Å²) in [6.07, 6.45) is 50.8. The highest BCUT2D eigenvalue weighted by molar-refractivity contribution is 5.71. The Morgan fingerprint density at radius 3 is 0.817 bits per heavy atom. The molecule has 0 amide bonds. The van der Waals surface area contributed by atoms with E-state index in [1.54, 1.807) is 0 Å². The highest BCUT2D eigenvalue weighted by Crippen LogP contribution is 2.17. The average molecular weight is 849 g/mol. The molecule has 0 aliphatic rings. The predicted octanol–water partition coefficient (Wildman–Crippen LogP) is 17.5. The minimum Gasteiger partial charge on any atom is -0.462 e. The molecule has 356 valence electrons. The summed E-state index contributed by atoms with van der Waals surface area (Å²) in [5.41, 5.74) is 0. The minimum atomic E-state index is -0.760. The lowest BCUT2D eigenvalue weighted by molar-refractivity contribution is -0.167. The normalized spacial score (nSPS) is 11.9. The molecule has 6 heteroatoms. The summed E-state index contributed by atoms with van der Waals surface area (Å²) in [5, 5.41) is 0. The second-order valence-electron chi connectivity index (χ2n) is 19.0. The molecule has 0 aromatic carbocycles. The van der Waals surface area contributed by atoms with E-state index in [-0.39, 0.29) is 31.1 Å². The van der Waals surface area contributed by atoms with Gasteiger partial charge in [0.2, 0.25) is 0 Å². The van der Waals surface area contributed by atoms with Crippen molar-refractivity contribution in [3.63, 3.8) is 0 Å². The van der Waals surface area contributed by atoms with Crippen LogP contribution in [0.25, 0.3) is 0 Å². The summed E-state index contributed by atoms with van der Waals surface area (Å²) < 4.78 is 16.8. The van der Waals surface area contributed by atoms with Gasteiger partial charge in [-0.25, -0.2) is 0 Å². The number of esters is 3. The summed E-state index contributed by atoms with van der Waals surface area (Å²) in [4.78, 5) is 38.0. The number of carbonyl (C=O) groups is 3. The first kappa shape index (κ1) is 58.4. The van der Waals surface area contributed by atoms with Crippen LogP contribution in [-0.2, 0) is 28.6 Å². The third-order valence-electron chi connectivity index (χ3n) is 12.3. The van der Waals surface area contributed by atoms with E-state index in [4.69, 9.17) is 14.2 Å². The molecule has 0 spiro atoms. The molecule has 0 heterocycles. The molecule has 0 bridgehead atoms. The Labute approximate surface area is 374 Å². The summed E-state index contributed by atoms with van der Waals surface area (Å²) in [5.74, 6) is -0.00675. The fraction of sp³-hybridized carbons (Fsp3) is 0.944. The Hall–Kier alpha value is -1.59. The molecule has 0 saturated heterocycles. The second-order valence-corrected chi connectivity index (χ2v) is 19.0. The SMILES string of the molecule is CCCCCCCCCCCCCCCCC(=O)OC[C@H](COC(=O)CCCCCCCCCCCCCCC(C)C)OC(=O)CCCCCCCCCCCCCCC. The summed E-state index contributed by atoms with van der Waals surface area (Å²) >= 11 is 0. The fourth-order valence-electron chi connectivity index (χ4n) is 8.22. The van der Waals surface area contributed by atoms with Crippen molar-refractivity contribution in [2.24, 2.45) is 5.92 Å². The lowest BCUT2D eigenvalue weighted by Gasteiger charge is -2.18. The Balaban J connectivity index is 4.30. The Kier molecular flexibility index (Phi) is 47.2. The van der Waals surface area contributed by atoms with Crippen LogP contribution in [0.1, 0.15) is 304 Å². The van der Waals surface area contributed by atoms with Crippen LogP contribution in [0.3, 0.4) is 0 Å². The largest absolute Gasteiger partial charge is 0.462 e. The van der Waals surface area contributed by atoms with Crippen LogP contribution in [-0.4, -0.2) is 37.2 Å². The molecule has 0 saturated carbocycles. The van der Waals surface area contributed by atoms with Crippen LogP contribution in [0.2, 0.25) is 0 Å². The van der Waals surface area contributed by atoms with Crippen LogP contribution in [0, 0.1) is 5.92 Å². The maximum Gasteiger partial charge on any atom is 0.306 e. The van der Waals surface area contributed by atoms with Crippen LogP contribution in [0.4, 0.5) is 0 Å². The van der Waals surface area contributed by atoms with Gasteiger partial charge >= 0.3 is 17.9 Å². The van der Waals surface area contributed by atoms with E-state index in [2.05, 4.69) is 27.7 Å². The zero-order chi connectivity index (χ0) is 43.8. The van der Waals surface area contributed by atoms with Gasteiger partial charge in [-0.2, -0.15) is 0 Å². The predicted molar refractivity (Wildman–Crippen MR) is 257 cm³/mol. The van der Waals surface area contributed by atoms with Gasteiger partial charge in [0.15, 0.2) is 6.10 Å². The maximum absolute atomic E-state index is 12.8. The van der Waals surface area contributed by atoms with Crippen molar-refractivity contribution in [2.75, 3.05) is 13.2 Å². The van der Waals surface area contributed by atoms with Gasteiger partial charge in [-0.15, -0.1) is 0 Å². The van der Waals surface area contributed by atoms with Gasteiger partial charge in [0.25, 0.3) is 0 Å². The van der Waals surface area contributed by atoms with Crippen molar-refractivity contribution >= 4 is 17.9 Å². The molecule has 0 aromatic rings. The van der Waals surface area contributed by atoms with Crippen molar-refractivity contribution in [3.05, 3.63) is 0 Å². The number of ether oxygens (including phenoxy) is 3. The number of rotatable bonds is 49. The first-order valence-corrected chi connectivity index (χ1v) is 26.9. The van der Waals surface area contributed by atoms with Gasteiger partial charge < -0.3 is 14.2 Å². The number of hydrogen-bond acceptors (Lipinski definition) is 6. The topological polar surface area (TPSA) is 78.9 Å². The molecule has 0 radical (unpaired) electrons. The number of unbranched alkanes of at least 4 members (excludes halogenated alkanes) is 36. The quantitative estimate of drug-likeness (QED) is 0.0345. The molecule has 0 fully saturated rings. The van der Waals surface area contributed by atoms with Crippen LogP contribution >= 0.6 is 0 Å². The Morgan fingerprint density at radius 2 is 0.550 bits per heavy atom. The molecule has 1 atom stereocenters. The monoisotopic (exact) mass is 849 g/mol. The van der Waals surface area contributed by atoms with Crippen molar-refractivity contribution in [1.82, 2.24) is 0 Å². The van der Waals surface area contributed by atoms with E-state index in [1.165, 1.54) is 199 Å². The molecule has 0 aromatic heterocycles. The van der Waals surface area contributed by atoms with Crippen LogP contribution < -0.4 is 0 Å². The first-order chi connectivity index (χ1) is 29.4. The van der Waals surface area contributed by atoms with Crippen molar-refractivity contribution in [2.45, 2.75) is 310 Å².